The number of unbranched alkanes of at least 4 members (excludes halogenated alkanes) is 1. The minimum Gasteiger partial charge on any atom is -0.486 e. The Balaban J connectivity index is 1.48. The van der Waals surface area contributed by atoms with Crippen molar-refractivity contribution in [2.24, 2.45) is 10.1 Å². The van der Waals surface area contributed by atoms with Crippen molar-refractivity contribution in [2.45, 2.75) is 39.2 Å². The van der Waals surface area contributed by atoms with Gasteiger partial charge in [-0.05, 0) is 60.9 Å². The number of rotatable bonds is 7. The average molecular weight is 433 g/mol. The first kappa shape index (κ1) is 21.1. The molecule has 0 radical (unpaired) electrons. The number of ether oxygens (including phenoxy) is 1. The zero-order valence-corrected chi connectivity index (χ0v) is 18.4. The lowest BCUT2D eigenvalue weighted by molar-refractivity contribution is -0.114. The van der Waals surface area contributed by atoms with Crippen LogP contribution in [0.25, 0.3) is 6.08 Å². The molecule has 0 spiro atoms. The van der Waals surface area contributed by atoms with E-state index in [9.17, 15) is 4.79 Å². The first-order chi connectivity index (χ1) is 15.0. The molecule has 2 aliphatic rings. The summed E-state index contributed by atoms with van der Waals surface area (Å²) in [6.45, 7) is 4.13. The van der Waals surface area contributed by atoms with Gasteiger partial charge in [0.2, 0.25) is 5.17 Å². The van der Waals surface area contributed by atoms with E-state index in [1.807, 2.05) is 61.5 Å². The van der Waals surface area contributed by atoms with Gasteiger partial charge in [0.1, 0.15) is 16.9 Å². The van der Waals surface area contributed by atoms with Gasteiger partial charge in [0.05, 0.1) is 5.57 Å². The summed E-state index contributed by atoms with van der Waals surface area (Å²) in [5.41, 5.74) is 2.13. The molecule has 1 N–H and O–H groups in total. The Bertz CT molecular complexity index is 1070. The summed E-state index contributed by atoms with van der Waals surface area (Å²) in [4.78, 5) is 16.7. The van der Waals surface area contributed by atoms with Crippen molar-refractivity contribution in [1.82, 2.24) is 5.01 Å². The SMILES string of the molecule is CCCCC1=NN2C(=N)/C(=C/c3ccc(O[C@H](C)c4ccccc4)cc3)C(=O)N=C2S1. The number of thioether (sulfide) groups is 1. The summed E-state index contributed by atoms with van der Waals surface area (Å²) >= 11 is 1.38. The van der Waals surface area contributed by atoms with E-state index in [0.29, 0.717) is 5.17 Å². The van der Waals surface area contributed by atoms with Crippen molar-refractivity contribution in [3.63, 3.8) is 0 Å². The third-order valence-electron chi connectivity index (χ3n) is 5.01. The number of hydrazone groups is 1. The van der Waals surface area contributed by atoms with Crippen LogP contribution >= 0.6 is 11.8 Å². The highest BCUT2D eigenvalue weighted by atomic mass is 32.2. The molecule has 1 amide bonds. The van der Waals surface area contributed by atoms with Gasteiger partial charge in [-0.1, -0.05) is 55.8 Å². The third kappa shape index (κ3) is 4.77. The molecule has 1 atom stereocenters. The summed E-state index contributed by atoms with van der Waals surface area (Å²) in [7, 11) is 0. The van der Waals surface area contributed by atoms with Crippen molar-refractivity contribution < 1.29 is 9.53 Å². The Hall–Kier alpha value is -3.19. The van der Waals surface area contributed by atoms with E-state index in [1.54, 1.807) is 6.08 Å². The van der Waals surface area contributed by atoms with Crippen LogP contribution in [-0.4, -0.2) is 27.0 Å². The molecular weight excluding hydrogens is 408 g/mol. The van der Waals surface area contributed by atoms with Crippen LogP contribution in [0.3, 0.4) is 0 Å². The van der Waals surface area contributed by atoms with E-state index in [1.165, 1.54) is 16.8 Å². The van der Waals surface area contributed by atoms with Crippen LogP contribution in [0.4, 0.5) is 0 Å². The molecule has 0 aliphatic carbocycles. The maximum absolute atomic E-state index is 12.5. The number of amidine groups is 2. The Morgan fingerprint density at radius 1 is 1.16 bits per heavy atom. The van der Waals surface area contributed by atoms with Crippen molar-refractivity contribution >= 4 is 39.8 Å². The number of carbonyl (C=O) groups excluding carboxylic acids is 1. The summed E-state index contributed by atoms with van der Waals surface area (Å²) < 4.78 is 6.01. The molecule has 0 aromatic heterocycles. The molecule has 2 aliphatic heterocycles. The maximum atomic E-state index is 12.5. The van der Waals surface area contributed by atoms with Gasteiger partial charge < -0.3 is 4.74 Å². The largest absolute Gasteiger partial charge is 0.486 e. The van der Waals surface area contributed by atoms with E-state index in [2.05, 4.69) is 17.0 Å². The predicted molar refractivity (Wildman–Crippen MR) is 126 cm³/mol. The van der Waals surface area contributed by atoms with Gasteiger partial charge in [-0.2, -0.15) is 15.1 Å². The first-order valence-electron chi connectivity index (χ1n) is 10.4. The number of hydrogen-bond acceptors (Lipinski definition) is 5. The second-order valence-corrected chi connectivity index (χ2v) is 8.40. The molecule has 158 valence electrons. The Kier molecular flexibility index (Phi) is 6.32. The third-order valence-corrected chi connectivity index (χ3v) is 5.98. The van der Waals surface area contributed by atoms with E-state index < -0.39 is 5.91 Å². The summed E-state index contributed by atoms with van der Waals surface area (Å²) in [5.74, 6) is 0.394. The van der Waals surface area contributed by atoms with Gasteiger partial charge in [-0.25, -0.2) is 0 Å². The fourth-order valence-electron chi connectivity index (χ4n) is 3.27. The van der Waals surface area contributed by atoms with Gasteiger partial charge in [-0.15, -0.1) is 0 Å². The number of fused-ring (bicyclic) bond motifs is 1. The molecule has 6 nitrogen and oxygen atoms in total. The second kappa shape index (κ2) is 9.31. The highest BCUT2D eigenvalue weighted by molar-refractivity contribution is 8.26. The number of benzene rings is 2. The van der Waals surface area contributed by atoms with Gasteiger partial charge in [-0.3, -0.25) is 10.2 Å². The first-order valence-corrected chi connectivity index (χ1v) is 11.2. The fourth-order valence-corrected chi connectivity index (χ4v) is 4.19. The van der Waals surface area contributed by atoms with Gasteiger partial charge in [0.25, 0.3) is 5.91 Å². The molecule has 2 heterocycles. The lowest BCUT2D eigenvalue weighted by Gasteiger charge is -2.20. The van der Waals surface area contributed by atoms with E-state index >= 15 is 0 Å². The van der Waals surface area contributed by atoms with Crippen molar-refractivity contribution in [3.8, 4) is 5.75 Å². The van der Waals surface area contributed by atoms with Crippen LogP contribution in [0.5, 0.6) is 5.75 Å². The molecule has 0 saturated carbocycles. The summed E-state index contributed by atoms with van der Waals surface area (Å²) in [5, 5.41) is 15.8. The smallest absolute Gasteiger partial charge is 0.283 e. The van der Waals surface area contributed by atoms with Crippen molar-refractivity contribution in [1.29, 1.82) is 5.41 Å². The molecule has 2 aromatic rings. The zero-order valence-electron chi connectivity index (χ0n) is 17.5. The number of hydrogen-bond donors (Lipinski definition) is 1. The lowest BCUT2D eigenvalue weighted by Crippen LogP contribution is -2.35. The predicted octanol–water partition coefficient (Wildman–Crippen LogP) is 5.64. The molecule has 4 rings (SSSR count). The minimum atomic E-state index is -0.409. The van der Waals surface area contributed by atoms with Crippen LogP contribution in [0.2, 0.25) is 0 Å². The van der Waals surface area contributed by atoms with Crippen LogP contribution < -0.4 is 4.74 Å². The molecule has 7 heteroatoms. The Morgan fingerprint density at radius 3 is 2.61 bits per heavy atom. The van der Waals surface area contributed by atoms with Crippen LogP contribution in [0.15, 0.2) is 70.3 Å². The van der Waals surface area contributed by atoms with Crippen molar-refractivity contribution in [3.05, 3.63) is 71.3 Å². The minimum absolute atomic E-state index is 0.0621. The number of nitrogens with one attached hydrogen (secondary N) is 1. The van der Waals surface area contributed by atoms with Gasteiger partial charge in [0.15, 0.2) is 5.84 Å². The van der Waals surface area contributed by atoms with Crippen LogP contribution in [0, 0.1) is 5.41 Å². The summed E-state index contributed by atoms with van der Waals surface area (Å²) in [6.07, 6.45) is 4.53. The van der Waals surface area contributed by atoms with E-state index in [4.69, 9.17) is 10.1 Å². The van der Waals surface area contributed by atoms with E-state index in [0.717, 1.165) is 41.2 Å². The molecule has 31 heavy (non-hydrogen) atoms. The van der Waals surface area contributed by atoms with Crippen LogP contribution in [-0.2, 0) is 4.79 Å². The molecular formula is C24H24N4O2S. The highest BCUT2D eigenvalue weighted by Crippen LogP contribution is 2.30. The van der Waals surface area contributed by atoms with Crippen LogP contribution in [0.1, 0.15) is 50.3 Å². The number of nitrogens with zero attached hydrogens (tertiary/aromatic N) is 3. The van der Waals surface area contributed by atoms with E-state index in [-0.39, 0.29) is 17.5 Å². The average Bonchev–Trinajstić information content (AvgIpc) is 3.20. The molecule has 0 fully saturated rings. The molecule has 0 unspecified atom stereocenters. The molecule has 2 aromatic carbocycles. The zero-order chi connectivity index (χ0) is 21.8. The topological polar surface area (TPSA) is 78.1 Å². The Labute approximate surface area is 186 Å². The summed E-state index contributed by atoms with van der Waals surface area (Å²) in [6, 6.07) is 17.5. The monoisotopic (exact) mass is 432 g/mol. The number of aliphatic imine (C=N–C) groups is 1. The van der Waals surface area contributed by atoms with Crippen molar-refractivity contribution in [2.75, 3.05) is 0 Å². The number of amides is 1. The fraction of sp³-hybridized carbons (Fsp3) is 0.250. The standard InChI is InChI=1S/C24H24N4O2S/c1-3-4-10-21-27-28-22(25)20(23(29)26-24(28)31-21)15-17-11-13-19(14-12-17)30-16(2)18-8-6-5-7-9-18/h5-9,11-16,25H,3-4,10H2,1-2H3/b20-15-,25-22?/t16-/m1/s1. The highest BCUT2D eigenvalue weighted by Gasteiger charge is 2.35. The normalized spacial score (nSPS) is 18.0. The molecule has 0 bridgehead atoms. The Morgan fingerprint density at radius 2 is 1.90 bits per heavy atom. The molecule has 0 saturated heterocycles. The maximum Gasteiger partial charge on any atom is 0.283 e. The quantitative estimate of drug-likeness (QED) is 0.575. The second-order valence-electron chi connectivity index (χ2n) is 7.36. The lowest BCUT2D eigenvalue weighted by atomic mass is 10.1. The number of carbonyl (C=O) groups is 1. The van der Waals surface area contributed by atoms with Gasteiger partial charge >= 0.3 is 0 Å². The van der Waals surface area contributed by atoms with Gasteiger partial charge in [0, 0.05) is 0 Å².